The summed E-state index contributed by atoms with van der Waals surface area (Å²) in [7, 11) is -1.26. The Morgan fingerprint density at radius 3 is 2.54 bits per heavy atom. The average molecular weight is 430 g/mol. The highest BCUT2D eigenvalue weighted by atomic mass is 32.2. The van der Waals surface area contributed by atoms with Crippen LogP contribution in [0.3, 0.4) is 0 Å². The standard InChI is InChI=1S/C17H27N5O4S2/c1-21-15(7-6-14(18)23)19-20-17(21)27-10-16(24)22(12-4-2-3-5-12)13-8-9-28(25,26)11-13/h12-13H,2-11H2,1H3,(H2,18,23)/t13-/m0/s1. The number of hydrogen-bond acceptors (Lipinski definition) is 7. The minimum atomic E-state index is -3.05. The van der Waals surface area contributed by atoms with Crippen LogP contribution in [0.25, 0.3) is 0 Å². The summed E-state index contributed by atoms with van der Waals surface area (Å²) in [6.45, 7) is 0. The molecule has 9 nitrogen and oxygen atoms in total. The number of carbonyl (C=O) groups is 2. The zero-order valence-corrected chi connectivity index (χ0v) is 17.7. The SMILES string of the molecule is Cn1c(CCC(N)=O)nnc1SCC(=O)N(C1CCCC1)[C@H]1CCS(=O)(=O)C1. The third kappa shape index (κ3) is 5.05. The molecule has 1 aliphatic heterocycles. The van der Waals surface area contributed by atoms with Crippen LogP contribution >= 0.6 is 11.8 Å². The largest absolute Gasteiger partial charge is 0.370 e. The summed E-state index contributed by atoms with van der Waals surface area (Å²) < 4.78 is 25.6. The van der Waals surface area contributed by atoms with Gasteiger partial charge in [0.1, 0.15) is 5.82 Å². The summed E-state index contributed by atoms with van der Waals surface area (Å²) in [6, 6.07) is -0.0798. The van der Waals surface area contributed by atoms with E-state index in [1.165, 1.54) is 11.8 Å². The fourth-order valence-electron chi connectivity index (χ4n) is 4.01. The minimum Gasteiger partial charge on any atom is -0.370 e. The highest BCUT2D eigenvalue weighted by molar-refractivity contribution is 7.99. The van der Waals surface area contributed by atoms with E-state index in [4.69, 9.17) is 5.73 Å². The van der Waals surface area contributed by atoms with Crippen molar-refractivity contribution < 1.29 is 18.0 Å². The van der Waals surface area contributed by atoms with Crippen molar-refractivity contribution in [3.63, 3.8) is 0 Å². The van der Waals surface area contributed by atoms with E-state index < -0.39 is 15.7 Å². The summed E-state index contributed by atoms with van der Waals surface area (Å²) in [6.07, 6.45) is 5.16. The van der Waals surface area contributed by atoms with Crippen molar-refractivity contribution in [2.75, 3.05) is 17.3 Å². The number of rotatable bonds is 8. The molecule has 11 heteroatoms. The molecule has 2 amide bonds. The first-order chi connectivity index (χ1) is 13.3. The van der Waals surface area contributed by atoms with Gasteiger partial charge in [-0.05, 0) is 19.3 Å². The smallest absolute Gasteiger partial charge is 0.233 e. The summed E-state index contributed by atoms with van der Waals surface area (Å²) in [5.74, 6) is 0.624. The van der Waals surface area contributed by atoms with E-state index in [0.717, 1.165) is 25.7 Å². The van der Waals surface area contributed by atoms with Crippen LogP contribution in [-0.4, -0.2) is 69.2 Å². The summed E-state index contributed by atoms with van der Waals surface area (Å²) in [4.78, 5) is 25.8. The van der Waals surface area contributed by atoms with Crippen molar-refractivity contribution in [2.24, 2.45) is 12.8 Å². The number of thioether (sulfide) groups is 1. The van der Waals surface area contributed by atoms with Crippen LogP contribution in [-0.2, 0) is 32.9 Å². The number of hydrogen-bond donors (Lipinski definition) is 1. The van der Waals surface area contributed by atoms with Crippen LogP contribution in [0, 0.1) is 0 Å². The van der Waals surface area contributed by atoms with Gasteiger partial charge in [-0.2, -0.15) is 0 Å². The molecule has 2 fully saturated rings. The molecule has 2 heterocycles. The Morgan fingerprint density at radius 2 is 1.93 bits per heavy atom. The Hall–Kier alpha value is -1.62. The highest BCUT2D eigenvalue weighted by Gasteiger charge is 2.38. The Bertz CT molecular complexity index is 833. The van der Waals surface area contributed by atoms with Crippen molar-refractivity contribution in [1.29, 1.82) is 0 Å². The maximum Gasteiger partial charge on any atom is 0.233 e. The molecule has 1 aromatic rings. The molecule has 2 N–H and O–H groups in total. The van der Waals surface area contributed by atoms with Crippen molar-refractivity contribution in [3.05, 3.63) is 5.82 Å². The molecule has 1 aliphatic carbocycles. The predicted octanol–water partition coefficient (Wildman–Crippen LogP) is 0.283. The van der Waals surface area contributed by atoms with Crippen LogP contribution in [0.5, 0.6) is 0 Å². The molecule has 1 saturated heterocycles. The Balaban J connectivity index is 1.65. The van der Waals surface area contributed by atoms with Crippen molar-refractivity contribution in [3.8, 4) is 0 Å². The second kappa shape index (κ2) is 8.81. The lowest BCUT2D eigenvalue weighted by molar-refractivity contribution is -0.132. The fourth-order valence-corrected chi connectivity index (χ4v) is 6.52. The van der Waals surface area contributed by atoms with Gasteiger partial charge in [0, 0.05) is 32.0 Å². The number of nitrogens with zero attached hydrogens (tertiary/aromatic N) is 4. The van der Waals surface area contributed by atoms with E-state index in [0.29, 0.717) is 23.8 Å². The molecule has 0 radical (unpaired) electrons. The third-order valence-electron chi connectivity index (χ3n) is 5.45. The van der Waals surface area contributed by atoms with Crippen LogP contribution in [0.15, 0.2) is 5.16 Å². The minimum absolute atomic E-state index is 0.0410. The zero-order valence-electron chi connectivity index (χ0n) is 16.0. The normalized spacial score (nSPS) is 21.8. The van der Waals surface area contributed by atoms with Crippen LogP contribution < -0.4 is 5.73 Å². The maximum absolute atomic E-state index is 13.0. The molecule has 0 bridgehead atoms. The van der Waals surface area contributed by atoms with Crippen molar-refractivity contribution in [1.82, 2.24) is 19.7 Å². The topological polar surface area (TPSA) is 128 Å². The first-order valence-electron chi connectivity index (χ1n) is 9.58. The lowest BCUT2D eigenvalue weighted by Gasteiger charge is -2.34. The van der Waals surface area contributed by atoms with Crippen LogP contribution in [0.1, 0.15) is 44.3 Å². The number of aryl methyl sites for hydroxylation is 1. The molecule has 0 unspecified atom stereocenters. The summed E-state index contributed by atoms with van der Waals surface area (Å²) >= 11 is 1.29. The number of nitrogens with two attached hydrogens (primary N) is 1. The van der Waals surface area contributed by atoms with Gasteiger partial charge in [-0.3, -0.25) is 9.59 Å². The number of aromatic nitrogens is 3. The van der Waals surface area contributed by atoms with Crippen molar-refractivity contribution in [2.45, 2.75) is 62.2 Å². The Labute approximate surface area is 169 Å². The van der Waals surface area contributed by atoms with Crippen LogP contribution in [0.2, 0.25) is 0 Å². The second-order valence-corrected chi connectivity index (χ2v) is 10.7. The fraction of sp³-hybridized carbons (Fsp3) is 0.765. The molecular weight excluding hydrogens is 402 g/mol. The highest BCUT2D eigenvalue weighted by Crippen LogP contribution is 2.30. The van der Waals surface area contributed by atoms with E-state index in [1.807, 2.05) is 4.90 Å². The molecule has 3 rings (SSSR count). The van der Waals surface area contributed by atoms with E-state index in [2.05, 4.69) is 10.2 Å². The number of amides is 2. The van der Waals surface area contributed by atoms with Crippen molar-refractivity contribution >= 4 is 33.4 Å². The van der Waals surface area contributed by atoms with Gasteiger partial charge in [0.2, 0.25) is 11.8 Å². The molecular formula is C17H27N5O4S2. The molecule has 1 atom stereocenters. The zero-order chi connectivity index (χ0) is 20.3. The number of carbonyl (C=O) groups excluding carboxylic acids is 2. The first-order valence-corrected chi connectivity index (χ1v) is 12.4. The average Bonchev–Trinajstić information content (AvgIpc) is 3.34. The van der Waals surface area contributed by atoms with Gasteiger partial charge < -0.3 is 15.2 Å². The Kier molecular flexibility index (Phi) is 6.64. The molecule has 156 valence electrons. The quantitative estimate of drug-likeness (QED) is 0.588. The molecule has 28 heavy (non-hydrogen) atoms. The molecule has 0 aromatic carbocycles. The molecule has 1 saturated carbocycles. The molecule has 2 aliphatic rings. The van der Waals surface area contributed by atoms with Gasteiger partial charge in [-0.25, -0.2) is 8.42 Å². The van der Waals surface area contributed by atoms with E-state index in [1.54, 1.807) is 11.6 Å². The second-order valence-electron chi connectivity index (χ2n) is 7.51. The number of primary amides is 1. The van der Waals surface area contributed by atoms with E-state index in [9.17, 15) is 18.0 Å². The lowest BCUT2D eigenvalue weighted by Crippen LogP contribution is -2.47. The van der Waals surface area contributed by atoms with Gasteiger partial charge in [-0.1, -0.05) is 24.6 Å². The van der Waals surface area contributed by atoms with E-state index in [-0.39, 0.29) is 41.7 Å². The monoisotopic (exact) mass is 429 g/mol. The van der Waals surface area contributed by atoms with Gasteiger partial charge in [0.05, 0.1) is 17.3 Å². The maximum atomic E-state index is 13.0. The summed E-state index contributed by atoms with van der Waals surface area (Å²) in [5.41, 5.74) is 5.17. The van der Waals surface area contributed by atoms with Gasteiger partial charge in [0.25, 0.3) is 0 Å². The molecule has 0 spiro atoms. The van der Waals surface area contributed by atoms with Gasteiger partial charge in [0.15, 0.2) is 15.0 Å². The first kappa shape index (κ1) is 21.1. The third-order valence-corrected chi connectivity index (χ3v) is 8.21. The van der Waals surface area contributed by atoms with Gasteiger partial charge >= 0.3 is 0 Å². The lowest BCUT2D eigenvalue weighted by atomic mass is 10.1. The Morgan fingerprint density at radius 1 is 1.21 bits per heavy atom. The number of sulfone groups is 1. The van der Waals surface area contributed by atoms with E-state index >= 15 is 0 Å². The van der Waals surface area contributed by atoms with Gasteiger partial charge in [-0.15, -0.1) is 10.2 Å². The van der Waals surface area contributed by atoms with Crippen LogP contribution in [0.4, 0.5) is 0 Å². The summed E-state index contributed by atoms with van der Waals surface area (Å²) in [5, 5.41) is 8.76. The predicted molar refractivity (Wildman–Crippen MR) is 105 cm³/mol. The molecule has 1 aromatic heterocycles.